The molecule has 0 aliphatic carbocycles. The number of thiophene rings is 1. The highest BCUT2D eigenvalue weighted by molar-refractivity contribution is 7.89. The van der Waals surface area contributed by atoms with Crippen LogP contribution in [0.15, 0.2) is 46.7 Å². The first-order valence-electron chi connectivity index (χ1n) is 7.76. The van der Waals surface area contributed by atoms with Crippen molar-refractivity contribution >= 4 is 33.2 Å². The van der Waals surface area contributed by atoms with Gasteiger partial charge in [0.15, 0.2) is 6.61 Å². The normalized spacial score (nSPS) is 11.3. The fourth-order valence-electron chi connectivity index (χ4n) is 2.10. The largest absolute Gasteiger partial charge is 0.455 e. The lowest BCUT2D eigenvalue weighted by molar-refractivity contribution is -0.147. The van der Waals surface area contributed by atoms with E-state index in [2.05, 4.69) is 5.32 Å². The predicted octanol–water partition coefficient (Wildman–Crippen LogP) is 1.40. The zero-order valence-corrected chi connectivity index (χ0v) is 16.1. The van der Waals surface area contributed by atoms with E-state index in [4.69, 9.17) is 4.74 Å². The number of benzene rings is 1. The fraction of sp³-hybridized carbons (Fsp3) is 0.294. The van der Waals surface area contributed by atoms with E-state index >= 15 is 0 Å². The number of ether oxygens (including phenoxy) is 1. The molecular formula is C17H20N2O5S2. The number of nitrogens with zero attached hydrogens (tertiary/aromatic N) is 1. The molecule has 140 valence electrons. The van der Waals surface area contributed by atoms with Gasteiger partial charge in [-0.1, -0.05) is 24.3 Å². The van der Waals surface area contributed by atoms with Crippen LogP contribution in [0.25, 0.3) is 0 Å². The monoisotopic (exact) mass is 396 g/mol. The lowest BCUT2D eigenvalue weighted by atomic mass is 10.2. The molecule has 1 heterocycles. The third-order valence-corrected chi connectivity index (χ3v) is 6.26. The van der Waals surface area contributed by atoms with E-state index in [1.165, 1.54) is 31.5 Å². The maximum Gasteiger partial charge on any atom is 0.311 e. The van der Waals surface area contributed by atoms with Crippen LogP contribution < -0.4 is 5.32 Å². The Kier molecular flexibility index (Phi) is 6.90. The average molecular weight is 396 g/mol. The summed E-state index contributed by atoms with van der Waals surface area (Å²) >= 11 is 1.44. The topological polar surface area (TPSA) is 92.8 Å². The van der Waals surface area contributed by atoms with Gasteiger partial charge in [-0.25, -0.2) is 12.7 Å². The molecule has 0 spiro atoms. The Bertz CT molecular complexity index is 861. The highest BCUT2D eigenvalue weighted by Gasteiger charge is 2.20. The highest BCUT2D eigenvalue weighted by Crippen LogP contribution is 2.18. The van der Waals surface area contributed by atoms with E-state index in [-0.39, 0.29) is 17.9 Å². The Morgan fingerprint density at radius 3 is 2.54 bits per heavy atom. The zero-order chi connectivity index (χ0) is 19.2. The standard InChI is InChI=1S/C17H20N2O5S2/c1-19(2)26(22,23)15-8-4-3-6-13(15)11-18-16(20)12-24-17(21)10-14-7-5-9-25-14/h3-9H,10-12H2,1-2H3,(H,18,20). The maximum atomic E-state index is 12.3. The minimum atomic E-state index is -3.61. The van der Waals surface area contributed by atoms with E-state index < -0.39 is 28.5 Å². The molecule has 7 nitrogen and oxygen atoms in total. The highest BCUT2D eigenvalue weighted by atomic mass is 32.2. The SMILES string of the molecule is CN(C)S(=O)(=O)c1ccccc1CNC(=O)COC(=O)Cc1cccs1. The van der Waals surface area contributed by atoms with Gasteiger partial charge in [-0.15, -0.1) is 11.3 Å². The van der Waals surface area contributed by atoms with Gasteiger partial charge >= 0.3 is 5.97 Å². The van der Waals surface area contributed by atoms with Crippen LogP contribution in [0.1, 0.15) is 10.4 Å². The number of amides is 1. The molecule has 26 heavy (non-hydrogen) atoms. The van der Waals surface area contributed by atoms with Crippen LogP contribution >= 0.6 is 11.3 Å². The number of carbonyl (C=O) groups is 2. The van der Waals surface area contributed by atoms with Gasteiger partial charge < -0.3 is 10.1 Å². The van der Waals surface area contributed by atoms with E-state index in [0.29, 0.717) is 5.56 Å². The van der Waals surface area contributed by atoms with Crippen molar-refractivity contribution in [2.75, 3.05) is 20.7 Å². The van der Waals surface area contributed by atoms with Crippen LogP contribution in [-0.4, -0.2) is 45.3 Å². The Balaban J connectivity index is 1.89. The van der Waals surface area contributed by atoms with E-state index in [1.807, 2.05) is 17.5 Å². The van der Waals surface area contributed by atoms with Crippen LogP contribution in [0.5, 0.6) is 0 Å². The van der Waals surface area contributed by atoms with Gasteiger partial charge in [0.25, 0.3) is 5.91 Å². The molecule has 1 amide bonds. The van der Waals surface area contributed by atoms with Crippen molar-refractivity contribution in [3.63, 3.8) is 0 Å². The van der Waals surface area contributed by atoms with E-state index in [1.54, 1.807) is 18.2 Å². The Hall–Kier alpha value is -2.23. The van der Waals surface area contributed by atoms with Gasteiger partial charge in [0.05, 0.1) is 11.3 Å². The molecule has 0 atom stereocenters. The van der Waals surface area contributed by atoms with Crippen molar-refractivity contribution in [3.05, 3.63) is 52.2 Å². The van der Waals surface area contributed by atoms with Crippen LogP contribution in [-0.2, 0) is 37.3 Å². The summed E-state index contributed by atoms with van der Waals surface area (Å²) in [5, 5.41) is 4.42. The molecular weight excluding hydrogens is 376 g/mol. The molecule has 0 bridgehead atoms. The first kappa shape index (κ1) is 20.1. The van der Waals surface area contributed by atoms with Crippen LogP contribution in [0.4, 0.5) is 0 Å². The van der Waals surface area contributed by atoms with Crippen molar-refractivity contribution < 1.29 is 22.7 Å². The summed E-state index contributed by atoms with van der Waals surface area (Å²) in [7, 11) is -0.728. The van der Waals surface area contributed by atoms with Gasteiger partial charge in [-0.05, 0) is 23.1 Å². The number of rotatable bonds is 8. The molecule has 0 unspecified atom stereocenters. The molecule has 2 aromatic rings. The van der Waals surface area contributed by atoms with Crippen LogP contribution in [0.3, 0.4) is 0 Å². The van der Waals surface area contributed by atoms with Gasteiger partial charge in [0.2, 0.25) is 10.0 Å². The fourth-order valence-corrected chi connectivity index (χ4v) is 3.90. The molecule has 0 fully saturated rings. The Labute approximate surface area is 156 Å². The van der Waals surface area contributed by atoms with Crippen LogP contribution in [0.2, 0.25) is 0 Å². The Morgan fingerprint density at radius 1 is 1.15 bits per heavy atom. The second kappa shape index (κ2) is 8.93. The molecule has 1 aromatic carbocycles. The van der Waals surface area contributed by atoms with Gasteiger partial charge in [0.1, 0.15) is 0 Å². The van der Waals surface area contributed by atoms with Crippen molar-refractivity contribution in [2.45, 2.75) is 17.9 Å². The summed E-state index contributed by atoms with van der Waals surface area (Å²) in [5.41, 5.74) is 0.458. The summed E-state index contributed by atoms with van der Waals surface area (Å²) < 4.78 is 30.7. The zero-order valence-electron chi connectivity index (χ0n) is 14.5. The quantitative estimate of drug-likeness (QED) is 0.681. The van der Waals surface area contributed by atoms with E-state index in [9.17, 15) is 18.0 Å². The van der Waals surface area contributed by atoms with Gasteiger partial charge in [0, 0.05) is 25.5 Å². The van der Waals surface area contributed by atoms with Crippen molar-refractivity contribution in [2.24, 2.45) is 0 Å². The summed E-state index contributed by atoms with van der Waals surface area (Å²) in [4.78, 5) is 24.5. The number of hydrogen-bond acceptors (Lipinski definition) is 6. The summed E-state index contributed by atoms with van der Waals surface area (Å²) in [5.74, 6) is -0.986. The summed E-state index contributed by atoms with van der Waals surface area (Å²) in [6, 6.07) is 10.1. The summed E-state index contributed by atoms with van der Waals surface area (Å²) in [6.45, 7) is -0.392. The van der Waals surface area contributed by atoms with Crippen molar-refractivity contribution in [1.29, 1.82) is 0 Å². The lowest BCUT2D eigenvalue weighted by Crippen LogP contribution is -2.30. The molecule has 0 aliphatic heterocycles. The van der Waals surface area contributed by atoms with E-state index in [0.717, 1.165) is 9.18 Å². The second-order valence-corrected chi connectivity index (χ2v) is 8.74. The molecule has 1 N–H and O–H groups in total. The average Bonchev–Trinajstić information content (AvgIpc) is 3.11. The predicted molar refractivity (Wildman–Crippen MR) is 98.1 cm³/mol. The van der Waals surface area contributed by atoms with Gasteiger partial charge in [-0.3, -0.25) is 9.59 Å². The molecule has 0 saturated carbocycles. The first-order valence-corrected chi connectivity index (χ1v) is 10.1. The lowest BCUT2D eigenvalue weighted by Gasteiger charge is -2.15. The number of hydrogen-bond donors (Lipinski definition) is 1. The number of esters is 1. The molecule has 9 heteroatoms. The Morgan fingerprint density at radius 2 is 1.88 bits per heavy atom. The molecule has 0 radical (unpaired) electrons. The van der Waals surface area contributed by atoms with Crippen LogP contribution in [0, 0.1) is 0 Å². The third-order valence-electron chi connectivity index (χ3n) is 3.47. The molecule has 0 saturated heterocycles. The molecule has 0 aliphatic rings. The molecule has 2 rings (SSSR count). The summed E-state index contributed by atoms with van der Waals surface area (Å²) in [6.07, 6.45) is 0.120. The first-order chi connectivity index (χ1) is 12.3. The smallest absolute Gasteiger partial charge is 0.311 e. The minimum absolute atomic E-state index is 0.0184. The minimum Gasteiger partial charge on any atom is -0.455 e. The number of nitrogens with one attached hydrogen (secondary N) is 1. The third kappa shape index (κ3) is 5.38. The van der Waals surface area contributed by atoms with Crippen molar-refractivity contribution in [1.82, 2.24) is 9.62 Å². The second-order valence-electron chi connectivity index (χ2n) is 5.59. The van der Waals surface area contributed by atoms with Gasteiger partial charge in [-0.2, -0.15) is 0 Å². The molecule has 1 aromatic heterocycles. The number of carbonyl (C=O) groups excluding carboxylic acids is 2. The number of sulfonamides is 1. The maximum absolute atomic E-state index is 12.3. The van der Waals surface area contributed by atoms with Crippen molar-refractivity contribution in [3.8, 4) is 0 Å².